The zero-order valence-electron chi connectivity index (χ0n) is 12.0. The second-order valence-corrected chi connectivity index (χ2v) is 4.61. The molecule has 1 fully saturated rings. The molecule has 2 rings (SSSR count). The monoisotopic (exact) mass is 281 g/mol. The summed E-state index contributed by atoms with van der Waals surface area (Å²) in [6.07, 6.45) is 2.50. The molecular formula is C13H23N5O2. The van der Waals surface area contributed by atoms with Crippen molar-refractivity contribution in [3.63, 3.8) is 0 Å². The van der Waals surface area contributed by atoms with Gasteiger partial charge >= 0.3 is 0 Å². The van der Waals surface area contributed by atoms with Crippen molar-refractivity contribution < 1.29 is 9.47 Å². The van der Waals surface area contributed by atoms with Crippen molar-refractivity contribution in [1.29, 1.82) is 0 Å². The van der Waals surface area contributed by atoms with Crippen LogP contribution in [0.2, 0.25) is 0 Å². The number of ether oxygens (including phenoxy) is 2. The molecule has 0 amide bonds. The van der Waals surface area contributed by atoms with Gasteiger partial charge in [0.25, 0.3) is 0 Å². The zero-order valence-corrected chi connectivity index (χ0v) is 12.0. The molecule has 0 spiro atoms. The van der Waals surface area contributed by atoms with Gasteiger partial charge in [0.05, 0.1) is 19.8 Å². The van der Waals surface area contributed by atoms with E-state index in [2.05, 4.69) is 20.2 Å². The van der Waals surface area contributed by atoms with Crippen molar-refractivity contribution in [2.75, 3.05) is 57.1 Å². The molecule has 7 heteroatoms. The summed E-state index contributed by atoms with van der Waals surface area (Å²) in [7, 11) is 0. The highest BCUT2D eigenvalue weighted by Crippen LogP contribution is 2.24. The number of nitrogens with two attached hydrogens (primary N) is 1. The third kappa shape index (κ3) is 4.21. The van der Waals surface area contributed by atoms with Crippen LogP contribution in [0.4, 0.5) is 11.5 Å². The van der Waals surface area contributed by atoms with Gasteiger partial charge in [-0.25, -0.2) is 4.98 Å². The molecule has 2 heterocycles. The molecule has 0 unspecified atom stereocenters. The molecule has 3 N–H and O–H groups in total. The molecule has 1 aliphatic rings. The lowest BCUT2D eigenvalue weighted by Crippen LogP contribution is -2.37. The fraction of sp³-hybridized carbons (Fsp3) is 0.692. The minimum Gasteiger partial charge on any atom is -0.476 e. The fourth-order valence-electron chi connectivity index (χ4n) is 2.11. The number of rotatable bonds is 7. The van der Waals surface area contributed by atoms with E-state index in [9.17, 15) is 0 Å². The summed E-state index contributed by atoms with van der Waals surface area (Å²) in [6, 6.07) is 0. The summed E-state index contributed by atoms with van der Waals surface area (Å²) >= 11 is 0. The lowest BCUT2D eigenvalue weighted by Gasteiger charge is -2.26. The van der Waals surface area contributed by atoms with E-state index in [1.807, 2.05) is 6.92 Å². The van der Waals surface area contributed by atoms with Crippen molar-refractivity contribution >= 4 is 11.5 Å². The standard InChI is InChI=1S/C13H23N5O2/c1-2-20-13-11(14)12(16-10-17-13)15-4-3-5-18-6-8-19-9-7-18/h10H,2-9,14H2,1H3,(H,15,16,17). The smallest absolute Gasteiger partial charge is 0.242 e. The first-order valence-electron chi connectivity index (χ1n) is 7.08. The number of morpholine rings is 1. The molecule has 1 aliphatic heterocycles. The van der Waals surface area contributed by atoms with E-state index in [-0.39, 0.29) is 0 Å². The average Bonchev–Trinajstić information content (AvgIpc) is 2.48. The van der Waals surface area contributed by atoms with Crippen LogP contribution < -0.4 is 15.8 Å². The van der Waals surface area contributed by atoms with Crippen LogP contribution in [0.15, 0.2) is 6.33 Å². The quantitative estimate of drug-likeness (QED) is 0.707. The van der Waals surface area contributed by atoms with Crippen LogP contribution in [0, 0.1) is 0 Å². The van der Waals surface area contributed by atoms with Crippen molar-refractivity contribution in [3.05, 3.63) is 6.33 Å². The topological polar surface area (TPSA) is 85.5 Å². The second kappa shape index (κ2) is 7.86. The maximum absolute atomic E-state index is 5.95. The van der Waals surface area contributed by atoms with Gasteiger partial charge in [-0.2, -0.15) is 4.98 Å². The van der Waals surface area contributed by atoms with Crippen LogP contribution in [-0.2, 0) is 4.74 Å². The molecule has 0 aromatic carbocycles. The summed E-state index contributed by atoms with van der Waals surface area (Å²) in [6.45, 7) is 8.03. The number of nitrogen functional groups attached to an aromatic ring is 1. The SMILES string of the molecule is CCOc1ncnc(NCCCN2CCOCC2)c1N. The van der Waals surface area contributed by atoms with Gasteiger partial charge in [0, 0.05) is 19.6 Å². The van der Waals surface area contributed by atoms with Gasteiger partial charge in [0.15, 0.2) is 5.82 Å². The predicted octanol–water partition coefficient (Wildman–Crippen LogP) is 0.592. The summed E-state index contributed by atoms with van der Waals surface area (Å²) < 4.78 is 10.7. The molecule has 0 saturated carbocycles. The van der Waals surface area contributed by atoms with Crippen molar-refractivity contribution in [2.24, 2.45) is 0 Å². The minimum absolute atomic E-state index is 0.443. The molecule has 7 nitrogen and oxygen atoms in total. The van der Waals surface area contributed by atoms with Gasteiger partial charge in [0.2, 0.25) is 5.88 Å². The van der Waals surface area contributed by atoms with Crippen molar-refractivity contribution in [3.8, 4) is 5.88 Å². The Kier molecular flexibility index (Phi) is 5.82. The third-order valence-electron chi connectivity index (χ3n) is 3.18. The highest BCUT2D eigenvalue weighted by Gasteiger charge is 2.10. The second-order valence-electron chi connectivity index (χ2n) is 4.61. The molecular weight excluding hydrogens is 258 g/mol. The fourth-order valence-corrected chi connectivity index (χ4v) is 2.11. The Morgan fingerprint density at radius 2 is 2.20 bits per heavy atom. The lowest BCUT2D eigenvalue weighted by molar-refractivity contribution is 0.0378. The van der Waals surface area contributed by atoms with Crippen LogP contribution >= 0.6 is 0 Å². The molecule has 0 radical (unpaired) electrons. The van der Waals surface area contributed by atoms with Gasteiger partial charge in [-0.3, -0.25) is 4.90 Å². The van der Waals surface area contributed by atoms with Crippen LogP contribution in [0.25, 0.3) is 0 Å². The molecule has 0 atom stereocenters. The Morgan fingerprint density at radius 3 is 2.95 bits per heavy atom. The summed E-state index contributed by atoms with van der Waals surface area (Å²) in [4.78, 5) is 10.6. The number of nitrogens with one attached hydrogen (secondary N) is 1. The van der Waals surface area contributed by atoms with E-state index >= 15 is 0 Å². The normalized spacial score (nSPS) is 16.1. The maximum atomic E-state index is 5.95. The first-order chi connectivity index (χ1) is 9.81. The minimum atomic E-state index is 0.443. The Bertz CT molecular complexity index is 410. The lowest BCUT2D eigenvalue weighted by atomic mass is 10.3. The molecule has 0 aliphatic carbocycles. The molecule has 1 aromatic heterocycles. The van der Waals surface area contributed by atoms with Gasteiger partial charge < -0.3 is 20.5 Å². The van der Waals surface area contributed by atoms with E-state index in [1.165, 1.54) is 6.33 Å². The Balaban J connectivity index is 1.74. The predicted molar refractivity (Wildman–Crippen MR) is 78.0 cm³/mol. The van der Waals surface area contributed by atoms with E-state index in [1.54, 1.807) is 0 Å². The van der Waals surface area contributed by atoms with Gasteiger partial charge in [-0.05, 0) is 19.9 Å². The molecule has 1 saturated heterocycles. The van der Waals surface area contributed by atoms with Crippen LogP contribution in [0.5, 0.6) is 5.88 Å². The number of aromatic nitrogens is 2. The molecule has 20 heavy (non-hydrogen) atoms. The van der Waals surface area contributed by atoms with E-state index in [0.29, 0.717) is 24.0 Å². The van der Waals surface area contributed by atoms with Crippen molar-refractivity contribution in [2.45, 2.75) is 13.3 Å². The Morgan fingerprint density at radius 1 is 1.40 bits per heavy atom. The molecule has 1 aromatic rings. The van der Waals surface area contributed by atoms with E-state index in [4.69, 9.17) is 15.2 Å². The summed E-state index contributed by atoms with van der Waals surface area (Å²) in [5.41, 5.74) is 6.43. The van der Waals surface area contributed by atoms with Gasteiger partial charge in [-0.1, -0.05) is 0 Å². The average molecular weight is 281 g/mol. The first-order valence-corrected chi connectivity index (χ1v) is 7.08. The highest BCUT2D eigenvalue weighted by atomic mass is 16.5. The number of anilines is 2. The third-order valence-corrected chi connectivity index (χ3v) is 3.18. The summed E-state index contributed by atoms with van der Waals surface area (Å²) in [5.74, 6) is 1.09. The van der Waals surface area contributed by atoms with E-state index in [0.717, 1.165) is 45.8 Å². The number of nitrogens with zero attached hydrogens (tertiary/aromatic N) is 3. The van der Waals surface area contributed by atoms with E-state index < -0.39 is 0 Å². The largest absolute Gasteiger partial charge is 0.476 e. The maximum Gasteiger partial charge on any atom is 0.242 e. The number of hydrogen-bond donors (Lipinski definition) is 2. The zero-order chi connectivity index (χ0) is 14.2. The van der Waals surface area contributed by atoms with Crippen LogP contribution in [0.1, 0.15) is 13.3 Å². The first kappa shape index (κ1) is 14.8. The van der Waals surface area contributed by atoms with Gasteiger partial charge in [0.1, 0.15) is 12.0 Å². The van der Waals surface area contributed by atoms with Crippen LogP contribution in [-0.4, -0.2) is 60.9 Å². The molecule has 0 bridgehead atoms. The summed E-state index contributed by atoms with van der Waals surface area (Å²) in [5, 5.41) is 3.24. The van der Waals surface area contributed by atoms with Crippen LogP contribution in [0.3, 0.4) is 0 Å². The van der Waals surface area contributed by atoms with Crippen molar-refractivity contribution in [1.82, 2.24) is 14.9 Å². The van der Waals surface area contributed by atoms with Gasteiger partial charge in [-0.15, -0.1) is 0 Å². The Labute approximate surface area is 119 Å². The highest BCUT2D eigenvalue weighted by molar-refractivity contribution is 5.66. The Hall–Kier alpha value is -1.60. The number of hydrogen-bond acceptors (Lipinski definition) is 7. The molecule has 112 valence electrons.